The Kier molecular flexibility index (Phi) is 2.81. The first-order valence-electron chi connectivity index (χ1n) is 5.16. The second-order valence-electron chi connectivity index (χ2n) is 4.28. The standard InChI is InChI=1S/C11H13N3O3/c1-11(2,16)10-6-14(13-12-10)5-8-3-4-9(7-15)17-8/h3-4,6-7,16H,5H2,1-2H3. The maximum atomic E-state index is 10.4. The average Bonchev–Trinajstić information content (AvgIpc) is 2.86. The maximum absolute atomic E-state index is 10.4. The number of rotatable bonds is 4. The van der Waals surface area contributed by atoms with Crippen molar-refractivity contribution in [1.82, 2.24) is 15.0 Å². The van der Waals surface area contributed by atoms with Gasteiger partial charge < -0.3 is 9.52 Å². The molecule has 6 heteroatoms. The molecule has 90 valence electrons. The fraction of sp³-hybridized carbons (Fsp3) is 0.364. The van der Waals surface area contributed by atoms with E-state index >= 15 is 0 Å². The van der Waals surface area contributed by atoms with Crippen molar-refractivity contribution in [3.05, 3.63) is 35.5 Å². The summed E-state index contributed by atoms with van der Waals surface area (Å²) in [7, 11) is 0. The highest BCUT2D eigenvalue weighted by Gasteiger charge is 2.20. The summed E-state index contributed by atoms with van der Waals surface area (Å²) < 4.78 is 6.75. The van der Waals surface area contributed by atoms with E-state index in [1.165, 1.54) is 0 Å². The molecule has 2 rings (SSSR count). The molecule has 0 aromatic carbocycles. The van der Waals surface area contributed by atoms with Crippen LogP contribution in [-0.2, 0) is 12.1 Å². The number of aromatic nitrogens is 3. The highest BCUT2D eigenvalue weighted by molar-refractivity contribution is 5.70. The van der Waals surface area contributed by atoms with Crippen molar-refractivity contribution in [1.29, 1.82) is 0 Å². The van der Waals surface area contributed by atoms with Gasteiger partial charge in [0.2, 0.25) is 0 Å². The average molecular weight is 235 g/mol. The molecule has 0 saturated heterocycles. The maximum Gasteiger partial charge on any atom is 0.185 e. The lowest BCUT2D eigenvalue weighted by Crippen LogP contribution is -2.15. The number of aldehydes is 1. The summed E-state index contributed by atoms with van der Waals surface area (Å²) in [5.41, 5.74) is -0.533. The van der Waals surface area contributed by atoms with Crippen LogP contribution in [0.3, 0.4) is 0 Å². The number of carbonyl (C=O) groups is 1. The van der Waals surface area contributed by atoms with Crippen LogP contribution < -0.4 is 0 Å². The van der Waals surface area contributed by atoms with Crippen LogP contribution in [0.1, 0.15) is 35.9 Å². The molecule has 2 aromatic rings. The SMILES string of the molecule is CC(C)(O)c1cn(Cc2ccc(C=O)o2)nn1. The van der Waals surface area contributed by atoms with Crippen LogP contribution in [0.25, 0.3) is 0 Å². The molecule has 17 heavy (non-hydrogen) atoms. The van der Waals surface area contributed by atoms with Gasteiger partial charge in [0, 0.05) is 0 Å². The monoisotopic (exact) mass is 235 g/mol. The third-order valence-corrected chi connectivity index (χ3v) is 2.28. The smallest absolute Gasteiger partial charge is 0.185 e. The summed E-state index contributed by atoms with van der Waals surface area (Å²) in [4.78, 5) is 10.4. The lowest BCUT2D eigenvalue weighted by molar-refractivity contribution is 0.0737. The van der Waals surface area contributed by atoms with Crippen LogP contribution in [0.4, 0.5) is 0 Å². The van der Waals surface area contributed by atoms with E-state index in [9.17, 15) is 9.90 Å². The van der Waals surface area contributed by atoms with Crippen molar-refractivity contribution in [2.24, 2.45) is 0 Å². The van der Waals surface area contributed by atoms with Crippen LogP contribution in [0.15, 0.2) is 22.7 Å². The molecule has 0 bridgehead atoms. The minimum atomic E-state index is -1.02. The number of hydrogen-bond acceptors (Lipinski definition) is 5. The predicted molar refractivity (Wildman–Crippen MR) is 58.5 cm³/mol. The number of nitrogens with zero attached hydrogens (tertiary/aromatic N) is 3. The second kappa shape index (κ2) is 4.14. The fourth-order valence-electron chi connectivity index (χ4n) is 1.36. The first kappa shape index (κ1) is 11.5. The lowest BCUT2D eigenvalue weighted by Gasteiger charge is -2.11. The second-order valence-corrected chi connectivity index (χ2v) is 4.28. The lowest BCUT2D eigenvalue weighted by atomic mass is 10.1. The first-order valence-corrected chi connectivity index (χ1v) is 5.16. The van der Waals surface area contributed by atoms with Gasteiger partial charge in [0.05, 0.1) is 6.20 Å². The highest BCUT2D eigenvalue weighted by Crippen LogP contribution is 2.16. The van der Waals surface area contributed by atoms with Gasteiger partial charge in [0.25, 0.3) is 0 Å². The van der Waals surface area contributed by atoms with Gasteiger partial charge in [0.1, 0.15) is 23.6 Å². The molecule has 1 N–H and O–H groups in total. The van der Waals surface area contributed by atoms with Gasteiger partial charge in [0.15, 0.2) is 12.0 Å². The molecule has 0 atom stereocenters. The van der Waals surface area contributed by atoms with E-state index < -0.39 is 5.60 Å². The van der Waals surface area contributed by atoms with Crippen LogP contribution in [0.5, 0.6) is 0 Å². The molecule has 2 aromatic heterocycles. The Labute approximate surface area is 97.9 Å². The van der Waals surface area contributed by atoms with Crippen LogP contribution in [-0.4, -0.2) is 26.4 Å². The first-order chi connectivity index (χ1) is 7.99. The van der Waals surface area contributed by atoms with Gasteiger partial charge in [-0.15, -0.1) is 5.10 Å². The summed E-state index contributed by atoms with van der Waals surface area (Å²) in [6.45, 7) is 3.65. The Morgan fingerprint density at radius 2 is 2.29 bits per heavy atom. The predicted octanol–water partition coefficient (Wildman–Crippen LogP) is 0.959. The Bertz CT molecular complexity index is 522. The third kappa shape index (κ3) is 2.59. The van der Waals surface area contributed by atoms with Crippen molar-refractivity contribution in [3.63, 3.8) is 0 Å². The molecule has 0 saturated carbocycles. The molecule has 0 amide bonds. The number of aliphatic hydroxyl groups is 1. The van der Waals surface area contributed by atoms with E-state index in [4.69, 9.17) is 4.42 Å². The molecule has 2 heterocycles. The van der Waals surface area contributed by atoms with Crippen molar-refractivity contribution >= 4 is 6.29 Å². The zero-order valence-corrected chi connectivity index (χ0v) is 9.62. The molecule has 0 radical (unpaired) electrons. The van der Waals surface area contributed by atoms with Crippen molar-refractivity contribution in [2.75, 3.05) is 0 Å². The molecule has 0 aliphatic heterocycles. The van der Waals surface area contributed by atoms with E-state index in [2.05, 4.69) is 10.3 Å². The Balaban J connectivity index is 2.14. The summed E-state index contributed by atoms with van der Waals surface area (Å²) in [6.07, 6.45) is 2.29. The summed E-state index contributed by atoms with van der Waals surface area (Å²) in [5.74, 6) is 0.891. The summed E-state index contributed by atoms with van der Waals surface area (Å²) in [6, 6.07) is 3.30. The summed E-state index contributed by atoms with van der Waals surface area (Å²) >= 11 is 0. The minimum absolute atomic E-state index is 0.280. The molecule has 0 fully saturated rings. The Hall–Kier alpha value is -1.95. The third-order valence-electron chi connectivity index (χ3n) is 2.28. The van der Waals surface area contributed by atoms with Crippen molar-refractivity contribution < 1.29 is 14.3 Å². The topological polar surface area (TPSA) is 81.2 Å². The zero-order valence-electron chi connectivity index (χ0n) is 9.62. The molecule has 0 unspecified atom stereocenters. The normalized spacial score (nSPS) is 11.7. The van der Waals surface area contributed by atoms with Gasteiger partial charge >= 0.3 is 0 Å². The van der Waals surface area contributed by atoms with E-state index in [0.717, 1.165) is 0 Å². The minimum Gasteiger partial charge on any atom is -0.456 e. The quantitative estimate of drug-likeness (QED) is 0.798. The van der Waals surface area contributed by atoms with E-state index in [0.29, 0.717) is 24.3 Å². The molecule has 0 aliphatic rings. The highest BCUT2D eigenvalue weighted by atomic mass is 16.3. The van der Waals surface area contributed by atoms with Crippen LogP contribution in [0, 0.1) is 0 Å². The largest absolute Gasteiger partial charge is 0.456 e. The van der Waals surface area contributed by atoms with E-state index in [1.54, 1.807) is 36.9 Å². The van der Waals surface area contributed by atoms with Gasteiger partial charge in [-0.3, -0.25) is 4.79 Å². The molecule has 0 spiro atoms. The fourth-order valence-corrected chi connectivity index (χ4v) is 1.36. The van der Waals surface area contributed by atoms with Gasteiger partial charge in [-0.2, -0.15) is 0 Å². The molecular formula is C11H13N3O3. The van der Waals surface area contributed by atoms with Gasteiger partial charge in [-0.1, -0.05) is 5.21 Å². The van der Waals surface area contributed by atoms with E-state index in [-0.39, 0.29) is 5.76 Å². The molecule has 6 nitrogen and oxygen atoms in total. The van der Waals surface area contributed by atoms with E-state index in [1.807, 2.05) is 0 Å². The van der Waals surface area contributed by atoms with Crippen LogP contribution in [0.2, 0.25) is 0 Å². The van der Waals surface area contributed by atoms with Crippen LogP contribution >= 0.6 is 0 Å². The molecular weight excluding hydrogens is 222 g/mol. The molecule has 0 aliphatic carbocycles. The van der Waals surface area contributed by atoms with Gasteiger partial charge in [-0.05, 0) is 26.0 Å². The zero-order chi connectivity index (χ0) is 12.5. The van der Waals surface area contributed by atoms with Crippen molar-refractivity contribution in [3.8, 4) is 0 Å². The summed E-state index contributed by atoms with van der Waals surface area (Å²) in [5, 5.41) is 17.5. The Morgan fingerprint density at radius 1 is 1.53 bits per heavy atom. The van der Waals surface area contributed by atoms with Crippen molar-refractivity contribution in [2.45, 2.75) is 26.0 Å². The number of furan rings is 1. The number of hydrogen-bond donors (Lipinski definition) is 1. The number of carbonyl (C=O) groups excluding carboxylic acids is 1. The Morgan fingerprint density at radius 3 is 2.82 bits per heavy atom. The van der Waals surface area contributed by atoms with Gasteiger partial charge in [-0.25, -0.2) is 4.68 Å².